The lowest BCUT2D eigenvalue weighted by molar-refractivity contribution is -0.991. The molecule has 1 atom stereocenters. The van der Waals surface area contributed by atoms with E-state index in [9.17, 15) is 10.0 Å². The molecule has 1 unspecified atom stereocenters. The average molecular weight is 277 g/mol. The van der Waals surface area contributed by atoms with E-state index in [0.29, 0.717) is 4.90 Å². The van der Waals surface area contributed by atoms with Gasteiger partial charge in [-0.25, -0.2) is 10.0 Å². The SMILES string of the molecule is O=C(O)c1ccccc1Sc1ccc([NH+]([O-])O)cc1. The van der Waals surface area contributed by atoms with Crippen LogP contribution < -0.4 is 5.23 Å². The first kappa shape index (κ1) is 13.6. The molecule has 0 aliphatic rings. The molecule has 0 amide bonds. The zero-order valence-corrected chi connectivity index (χ0v) is 10.6. The summed E-state index contributed by atoms with van der Waals surface area (Å²) in [6, 6.07) is 13.0. The summed E-state index contributed by atoms with van der Waals surface area (Å²) in [5.74, 6) is -0.981. The molecule has 0 aliphatic heterocycles. The first-order valence-electron chi connectivity index (χ1n) is 5.41. The summed E-state index contributed by atoms with van der Waals surface area (Å²) >= 11 is 1.29. The van der Waals surface area contributed by atoms with Crippen molar-refractivity contribution >= 4 is 23.4 Å². The van der Waals surface area contributed by atoms with Gasteiger partial charge in [0.05, 0.1) is 5.56 Å². The summed E-state index contributed by atoms with van der Waals surface area (Å²) < 4.78 is 0. The molecule has 5 nitrogen and oxygen atoms in total. The topological polar surface area (TPSA) is 85.0 Å². The quantitative estimate of drug-likeness (QED) is 0.744. The van der Waals surface area contributed by atoms with Gasteiger partial charge in [-0.3, -0.25) is 0 Å². The van der Waals surface area contributed by atoms with E-state index in [1.54, 1.807) is 30.3 Å². The highest BCUT2D eigenvalue weighted by atomic mass is 32.2. The molecule has 0 fully saturated rings. The molecule has 0 aliphatic carbocycles. The molecular formula is C13H11NO4S. The Kier molecular flexibility index (Phi) is 4.18. The normalized spacial score (nSPS) is 12.1. The second kappa shape index (κ2) is 5.85. The predicted molar refractivity (Wildman–Crippen MR) is 69.7 cm³/mol. The lowest BCUT2D eigenvalue weighted by Gasteiger charge is -2.11. The number of benzene rings is 2. The number of nitrogens with one attached hydrogen (secondary N) is 1. The Morgan fingerprint density at radius 2 is 1.74 bits per heavy atom. The van der Waals surface area contributed by atoms with Crippen molar-refractivity contribution in [3.05, 3.63) is 59.3 Å². The molecule has 0 saturated heterocycles. The molecule has 3 N–H and O–H groups in total. The van der Waals surface area contributed by atoms with E-state index >= 15 is 0 Å². The van der Waals surface area contributed by atoms with Crippen LogP contribution in [0.1, 0.15) is 10.4 Å². The fraction of sp³-hybridized carbons (Fsp3) is 0. The van der Waals surface area contributed by atoms with Crippen LogP contribution in [0.4, 0.5) is 5.69 Å². The van der Waals surface area contributed by atoms with Crippen molar-refractivity contribution in [1.82, 2.24) is 0 Å². The van der Waals surface area contributed by atoms with Crippen molar-refractivity contribution in [1.29, 1.82) is 0 Å². The predicted octanol–water partition coefficient (Wildman–Crippen LogP) is 1.94. The highest BCUT2D eigenvalue weighted by molar-refractivity contribution is 7.99. The van der Waals surface area contributed by atoms with Crippen LogP contribution in [0.15, 0.2) is 58.3 Å². The molecule has 98 valence electrons. The van der Waals surface area contributed by atoms with Crippen LogP contribution in [0.2, 0.25) is 0 Å². The molecule has 0 aromatic heterocycles. The van der Waals surface area contributed by atoms with Gasteiger partial charge in [-0.1, -0.05) is 23.9 Å². The number of carboxylic acids is 1. The van der Waals surface area contributed by atoms with Crippen LogP contribution in [0, 0.1) is 5.21 Å². The third-order valence-corrected chi connectivity index (χ3v) is 3.53. The molecular weight excluding hydrogens is 266 g/mol. The van der Waals surface area contributed by atoms with E-state index in [1.165, 1.54) is 30.0 Å². The third kappa shape index (κ3) is 3.33. The molecule has 2 aromatic rings. The maximum absolute atomic E-state index is 11.1. The molecule has 0 radical (unpaired) electrons. The van der Waals surface area contributed by atoms with Crippen molar-refractivity contribution in [2.45, 2.75) is 9.79 Å². The van der Waals surface area contributed by atoms with E-state index in [0.717, 1.165) is 4.90 Å². The van der Waals surface area contributed by atoms with Crippen LogP contribution in [-0.2, 0) is 0 Å². The van der Waals surface area contributed by atoms with Crippen molar-refractivity contribution in [2.75, 3.05) is 0 Å². The lowest BCUT2D eigenvalue weighted by Crippen LogP contribution is -2.99. The van der Waals surface area contributed by atoms with Crippen LogP contribution >= 0.6 is 11.8 Å². The summed E-state index contributed by atoms with van der Waals surface area (Å²) in [5.41, 5.74) is 0.436. The number of carbonyl (C=O) groups is 1. The fourth-order valence-electron chi connectivity index (χ4n) is 1.52. The summed E-state index contributed by atoms with van der Waals surface area (Å²) in [6.45, 7) is 0. The Morgan fingerprint density at radius 3 is 2.32 bits per heavy atom. The minimum absolute atomic E-state index is 0.205. The van der Waals surface area contributed by atoms with Gasteiger partial charge in [0, 0.05) is 21.9 Å². The number of hydrogen-bond acceptors (Lipinski definition) is 4. The summed E-state index contributed by atoms with van der Waals surface area (Å²) in [5, 5.41) is 27.6. The Balaban J connectivity index is 2.24. The van der Waals surface area contributed by atoms with Gasteiger partial charge >= 0.3 is 5.97 Å². The Bertz CT molecular complexity index is 583. The Hall–Kier alpha value is -1.86. The monoisotopic (exact) mass is 277 g/mol. The molecule has 2 aromatic carbocycles. The summed E-state index contributed by atoms with van der Waals surface area (Å²) in [6.07, 6.45) is 0. The van der Waals surface area contributed by atoms with E-state index in [2.05, 4.69) is 0 Å². The van der Waals surface area contributed by atoms with Crippen LogP contribution in [0.5, 0.6) is 0 Å². The van der Waals surface area contributed by atoms with Gasteiger partial charge in [0.15, 0.2) is 5.69 Å². The highest BCUT2D eigenvalue weighted by Crippen LogP contribution is 2.30. The molecule has 0 saturated carbocycles. The van der Waals surface area contributed by atoms with E-state index in [-0.39, 0.29) is 11.3 Å². The highest BCUT2D eigenvalue weighted by Gasteiger charge is 2.10. The van der Waals surface area contributed by atoms with Gasteiger partial charge in [0.25, 0.3) is 0 Å². The number of aromatic carboxylic acids is 1. The molecule has 19 heavy (non-hydrogen) atoms. The van der Waals surface area contributed by atoms with E-state index < -0.39 is 11.2 Å². The zero-order valence-electron chi connectivity index (χ0n) is 9.74. The van der Waals surface area contributed by atoms with Gasteiger partial charge in [-0.2, -0.15) is 5.23 Å². The van der Waals surface area contributed by atoms with Crippen LogP contribution in [0.3, 0.4) is 0 Å². The molecule has 2 rings (SSSR count). The second-order valence-electron chi connectivity index (χ2n) is 3.73. The standard InChI is InChI=1S/C13H11NO4S/c15-13(16)11-3-1-2-4-12(11)19-10-7-5-9(6-8-10)14(17)18/h1-8,14,17H,(H,15,16). The molecule has 0 bridgehead atoms. The molecule has 0 spiro atoms. The van der Waals surface area contributed by atoms with Crippen molar-refractivity contribution in [3.8, 4) is 0 Å². The van der Waals surface area contributed by atoms with Gasteiger partial charge in [0.2, 0.25) is 0 Å². The van der Waals surface area contributed by atoms with Gasteiger partial charge in [0.1, 0.15) is 0 Å². The van der Waals surface area contributed by atoms with Gasteiger partial charge in [-0.05, 0) is 24.3 Å². The molecule has 6 heteroatoms. The van der Waals surface area contributed by atoms with Crippen molar-refractivity contribution in [2.24, 2.45) is 0 Å². The fourth-order valence-corrected chi connectivity index (χ4v) is 2.46. The van der Waals surface area contributed by atoms with E-state index in [4.69, 9.17) is 10.3 Å². The first-order chi connectivity index (χ1) is 9.08. The van der Waals surface area contributed by atoms with Crippen LogP contribution in [0.25, 0.3) is 0 Å². The smallest absolute Gasteiger partial charge is 0.336 e. The summed E-state index contributed by atoms with van der Waals surface area (Å²) in [7, 11) is 0. The van der Waals surface area contributed by atoms with Crippen LogP contribution in [-0.4, -0.2) is 16.3 Å². The zero-order chi connectivity index (χ0) is 13.8. The maximum Gasteiger partial charge on any atom is 0.336 e. The van der Waals surface area contributed by atoms with Crippen molar-refractivity contribution in [3.63, 3.8) is 0 Å². The van der Waals surface area contributed by atoms with Crippen molar-refractivity contribution < 1.29 is 20.3 Å². The Morgan fingerprint density at radius 1 is 1.11 bits per heavy atom. The Labute approximate surface area is 113 Å². The summed E-state index contributed by atoms with van der Waals surface area (Å²) in [4.78, 5) is 12.5. The maximum atomic E-state index is 11.1. The number of quaternary nitrogens is 1. The number of rotatable bonds is 4. The second-order valence-corrected chi connectivity index (χ2v) is 4.85. The minimum atomic E-state index is -0.984. The number of carboxylic acid groups (broad SMARTS) is 1. The molecule has 0 heterocycles. The average Bonchev–Trinajstić information content (AvgIpc) is 2.39. The number of hydrogen-bond donors (Lipinski definition) is 3. The third-order valence-electron chi connectivity index (χ3n) is 2.45. The minimum Gasteiger partial charge on any atom is -0.595 e. The van der Waals surface area contributed by atoms with E-state index in [1.807, 2.05) is 0 Å². The largest absolute Gasteiger partial charge is 0.595 e. The van der Waals surface area contributed by atoms with Gasteiger partial charge in [-0.15, -0.1) is 0 Å². The lowest BCUT2D eigenvalue weighted by atomic mass is 10.2. The van der Waals surface area contributed by atoms with Gasteiger partial charge < -0.3 is 10.3 Å². The first-order valence-corrected chi connectivity index (χ1v) is 6.23.